The molecule has 0 spiro atoms. The van der Waals surface area contributed by atoms with Crippen molar-refractivity contribution in [3.8, 4) is 33.8 Å². The minimum absolute atomic E-state index is 0.344. The number of nitrogens with one attached hydrogen (secondary N) is 3. The zero-order chi connectivity index (χ0) is 24.9. The first-order chi connectivity index (χ1) is 17.3. The Morgan fingerprint density at radius 2 is 1.78 bits per heavy atom. The summed E-state index contributed by atoms with van der Waals surface area (Å²) >= 11 is 0. The maximum atomic E-state index is 13.8. The Balaban J connectivity index is 1.45. The molecule has 0 amide bonds. The van der Waals surface area contributed by atoms with Crippen molar-refractivity contribution >= 4 is 37.8 Å². The summed E-state index contributed by atoms with van der Waals surface area (Å²) in [5.74, 6) is 0.173. The molecule has 12 heteroatoms. The van der Waals surface area contributed by atoms with Gasteiger partial charge in [-0.25, -0.2) is 22.8 Å². The van der Waals surface area contributed by atoms with E-state index in [9.17, 15) is 12.8 Å². The predicted octanol–water partition coefficient (Wildman–Crippen LogP) is 4.14. The van der Waals surface area contributed by atoms with E-state index in [1.54, 1.807) is 43.0 Å². The van der Waals surface area contributed by atoms with Crippen LogP contribution in [0.4, 0.5) is 10.1 Å². The highest BCUT2D eigenvalue weighted by molar-refractivity contribution is 7.92. The fraction of sp³-hybridized carbons (Fsp3) is 0.0417. The lowest BCUT2D eigenvalue weighted by Gasteiger charge is -2.06. The van der Waals surface area contributed by atoms with Gasteiger partial charge in [-0.1, -0.05) is 12.1 Å². The van der Waals surface area contributed by atoms with Crippen LogP contribution < -0.4 is 4.72 Å². The zero-order valence-electron chi connectivity index (χ0n) is 18.7. The number of halogens is 1. The number of pyridine rings is 3. The molecule has 0 bridgehead atoms. The van der Waals surface area contributed by atoms with Crippen molar-refractivity contribution in [1.82, 2.24) is 35.1 Å². The summed E-state index contributed by atoms with van der Waals surface area (Å²) in [6.45, 7) is 0. The first kappa shape index (κ1) is 21.8. The largest absolute Gasteiger partial charge is 0.335 e. The lowest BCUT2D eigenvalue weighted by Crippen LogP contribution is -2.09. The van der Waals surface area contributed by atoms with Gasteiger partial charge in [0.15, 0.2) is 11.5 Å². The fourth-order valence-electron chi connectivity index (χ4n) is 4.02. The number of fused-ring (bicyclic) bond motifs is 2. The Bertz CT molecular complexity index is 1880. The lowest BCUT2D eigenvalue weighted by atomic mass is 10.1. The summed E-state index contributed by atoms with van der Waals surface area (Å²) in [6.07, 6.45) is 9.07. The Kier molecular flexibility index (Phi) is 4.97. The van der Waals surface area contributed by atoms with Gasteiger partial charge in [0.1, 0.15) is 11.5 Å². The highest BCUT2D eigenvalue weighted by Gasteiger charge is 2.17. The first-order valence-electron chi connectivity index (χ1n) is 10.7. The summed E-state index contributed by atoms with van der Waals surface area (Å²) in [5, 5.41) is 7.98. The van der Waals surface area contributed by atoms with Crippen LogP contribution in [-0.4, -0.2) is 49.8 Å². The molecule has 178 valence electrons. The molecule has 0 unspecified atom stereocenters. The Morgan fingerprint density at radius 3 is 2.61 bits per heavy atom. The van der Waals surface area contributed by atoms with Crippen LogP contribution in [0.25, 0.3) is 55.8 Å². The van der Waals surface area contributed by atoms with E-state index in [1.807, 2.05) is 6.07 Å². The van der Waals surface area contributed by atoms with Crippen molar-refractivity contribution in [3.05, 3.63) is 73.2 Å². The predicted molar refractivity (Wildman–Crippen MR) is 134 cm³/mol. The quantitative estimate of drug-likeness (QED) is 0.323. The molecule has 6 aromatic rings. The average molecular weight is 501 g/mol. The second-order valence-electron chi connectivity index (χ2n) is 8.21. The maximum absolute atomic E-state index is 13.8. The molecule has 0 radical (unpaired) electrons. The lowest BCUT2D eigenvalue weighted by molar-refractivity contribution is 0.606. The number of sulfonamides is 1. The molecule has 0 aliphatic carbocycles. The second-order valence-corrected chi connectivity index (χ2v) is 9.96. The number of H-pyrrole nitrogens is 2. The van der Waals surface area contributed by atoms with E-state index in [0.717, 1.165) is 6.26 Å². The minimum atomic E-state index is -3.44. The molecule has 0 aliphatic heterocycles. The molecule has 6 rings (SSSR count). The minimum Gasteiger partial charge on any atom is -0.335 e. The summed E-state index contributed by atoms with van der Waals surface area (Å²) in [5.41, 5.74) is 5.51. The topological polar surface area (TPSA) is 142 Å². The van der Waals surface area contributed by atoms with Gasteiger partial charge in [-0.2, -0.15) is 5.10 Å². The fourth-order valence-corrected chi connectivity index (χ4v) is 4.56. The van der Waals surface area contributed by atoms with Gasteiger partial charge in [-0.05, 0) is 29.8 Å². The monoisotopic (exact) mass is 500 g/mol. The van der Waals surface area contributed by atoms with Crippen LogP contribution in [0.5, 0.6) is 0 Å². The van der Waals surface area contributed by atoms with E-state index in [0.29, 0.717) is 61.5 Å². The van der Waals surface area contributed by atoms with E-state index in [2.05, 4.69) is 34.9 Å². The number of nitrogens with zero attached hydrogens (tertiary/aromatic N) is 5. The number of benzene rings is 1. The van der Waals surface area contributed by atoms with E-state index >= 15 is 0 Å². The molecule has 36 heavy (non-hydrogen) atoms. The van der Waals surface area contributed by atoms with E-state index < -0.39 is 10.0 Å². The highest BCUT2D eigenvalue weighted by atomic mass is 32.2. The standard InChI is InChI=1S/C24H17FN8O2S/c1-36(34,35)33-17-6-14(8-26-10-17)15-7-18-22(31-32-23(18)28-9-15)24-29-20-12-27-11-19(21(20)30-24)13-3-2-4-16(25)5-13/h2-12,33H,1H3,(H,29,30)(H,28,31,32). The van der Waals surface area contributed by atoms with Crippen LogP contribution in [0.1, 0.15) is 0 Å². The Morgan fingerprint density at radius 1 is 0.944 bits per heavy atom. The van der Waals surface area contributed by atoms with Crippen molar-refractivity contribution in [1.29, 1.82) is 0 Å². The molecular weight excluding hydrogens is 483 g/mol. The number of anilines is 1. The highest BCUT2D eigenvalue weighted by Crippen LogP contribution is 2.32. The molecule has 0 atom stereocenters. The third-order valence-electron chi connectivity index (χ3n) is 5.55. The molecule has 5 heterocycles. The summed E-state index contributed by atoms with van der Waals surface area (Å²) in [4.78, 5) is 20.9. The van der Waals surface area contributed by atoms with Crippen molar-refractivity contribution in [2.24, 2.45) is 0 Å². The third-order valence-corrected chi connectivity index (χ3v) is 6.16. The number of rotatable bonds is 5. The molecule has 0 saturated carbocycles. The Labute approximate surface area is 203 Å². The zero-order valence-corrected chi connectivity index (χ0v) is 19.5. The van der Waals surface area contributed by atoms with Crippen LogP contribution in [-0.2, 0) is 10.0 Å². The van der Waals surface area contributed by atoms with Gasteiger partial charge in [0.05, 0.1) is 40.8 Å². The first-order valence-corrected chi connectivity index (χ1v) is 12.6. The van der Waals surface area contributed by atoms with Gasteiger partial charge in [0.25, 0.3) is 0 Å². The van der Waals surface area contributed by atoms with E-state index in [4.69, 9.17) is 4.98 Å². The molecule has 0 aliphatic rings. The van der Waals surface area contributed by atoms with Crippen LogP contribution in [0, 0.1) is 5.82 Å². The van der Waals surface area contributed by atoms with E-state index in [1.165, 1.54) is 18.3 Å². The number of hydrogen-bond donors (Lipinski definition) is 3. The average Bonchev–Trinajstić information content (AvgIpc) is 3.46. The molecule has 0 saturated heterocycles. The van der Waals surface area contributed by atoms with Crippen LogP contribution in [0.15, 0.2) is 67.4 Å². The summed E-state index contributed by atoms with van der Waals surface area (Å²) in [6, 6.07) is 9.82. The van der Waals surface area contributed by atoms with Gasteiger partial charge in [0, 0.05) is 35.3 Å². The van der Waals surface area contributed by atoms with Crippen LogP contribution >= 0.6 is 0 Å². The second kappa shape index (κ2) is 8.20. The van der Waals surface area contributed by atoms with Crippen molar-refractivity contribution in [2.45, 2.75) is 0 Å². The van der Waals surface area contributed by atoms with Gasteiger partial charge in [-0.3, -0.25) is 19.8 Å². The van der Waals surface area contributed by atoms with E-state index in [-0.39, 0.29) is 5.82 Å². The van der Waals surface area contributed by atoms with Gasteiger partial charge in [-0.15, -0.1) is 0 Å². The number of hydrogen-bond acceptors (Lipinski definition) is 7. The maximum Gasteiger partial charge on any atom is 0.229 e. The van der Waals surface area contributed by atoms with Crippen molar-refractivity contribution in [2.75, 3.05) is 11.0 Å². The van der Waals surface area contributed by atoms with Crippen molar-refractivity contribution in [3.63, 3.8) is 0 Å². The van der Waals surface area contributed by atoms with Crippen molar-refractivity contribution < 1.29 is 12.8 Å². The van der Waals surface area contributed by atoms with Gasteiger partial charge in [0.2, 0.25) is 10.0 Å². The van der Waals surface area contributed by atoms with Gasteiger partial charge < -0.3 is 4.98 Å². The Hall–Kier alpha value is -4.71. The smallest absolute Gasteiger partial charge is 0.229 e. The number of aromatic nitrogens is 7. The molecule has 10 nitrogen and oxygen atoms in total. The molecule has 1 aromatic carbocycles. The van der Waals surface area contributed by atoms with Crippen LogP contribution in [0.3, 0.4) is 0 Å². The number of aromatic amines is 2. The summed E-state index contributed by atoms with van der Waals surface area (Å²) in [7, 11) is -3.44. The third kappa shape index (κ3) is 4.03. The van der Waals surface area contributed by atoms with Crippen LogP contribution in [0.2, 0.25) is 0 Å². The normalized spacial score (nSPS) is 11.8. The molecule has 5 aromatic heterocycles. The molecule has 3 N–H and O–H groups in total. The van der Waals surface area contributed by atoms with Gasteiger partial charge >= 0.3 is 0 Å². The molecular formula is C24H17FN8O2S. The number of imidazole rings is 1. The summed E-state index contributed by atoms with van der Waals surface area (Å²) < 4.78 is 39.5. The SMILES string of the molecule is CS(=O)(=O)Nc1cncc(-c2cnc3n[nH]c(-c4nc5c(-c6cccc(F)c6)cncc5[nH]4)c3c2)c1. The molecule has 0 fully saturated rings.